The Morgan fingerprint density at radius 2 is 2.04 bits per heavy atom. The van der Waals surface area contributed by atoms with E-state index in [9.17, 15) is 0 Å². The van der Waals surface area contributed by atoms with Crippen LogP contribution in [-0.2, 0) is 30.3 Å². The lowest BCUT2D eigenvalue weighted by Crippen LogP contribution is -2.43. The summed E-state index contributed by atoms with van der Waals surface area (Å²) < 4.78 is 29.0. The Kier molecular flexibility index (Phi) is 5.58. The molecule has 8 heteroatoms. The van der Waals surface area contributed by atoms with Crippen molar-refractivity contribution in [1.29, 1.82) is 0 Å². The predicted octanol–water partition coefficient (Wildman–Crippen LogP) is 2.77. The highest BCUT2D eigenvalue weighted by atomic mass is 16.8. The van der Waals surface area contributed by atoms with Gasteiger partial charge in [0.2, 0.25) is 0 Å². The zero-order valence-corrected chi connectivity index (χ0v) is 14.6. The van der Waals surface area contributed by atoms with Gasteiger partial charge in [0.1, 0.15) is 18.3 Å². The molecule has 3 rings (SSSR count). The van der Waals surface area contributed by atoms with Gasteiger partial charge in [0.05, 0.1) is 19.3 Å². The van der Waals surface area contributed by atoms with E-state index in [2.05, 4.69) is 10.0 Å². The summed E-state index contributed by atoms with van der Waals surface area (Å²) in [6.07, 6.45) is -1.89. The molecule has 0 N–H and O–H groups in total. The molecule has 2 aliphatic heterocycles. The van der Waals surface area contributed by atoms with Crippen LogP contribution in [0.5, 0.6) is 0 Å². The average molecular weight is 349 g/mol. The molecule has 5 atom stereocenters. The van der Waals surface area contributed by atoms with Crippen molar-refractivity contribution in [2.24, 2.45) is 5.11 Å². The highest BCUT2D eigenvalue weighted by Crippen LogP contribution is 2.40. The molecule has 0 spiro atoms. The second-order valence-electron chi connectivity index (χ2n) is 6.56. The number of benzene rings is 1. The van der Waals surface area contributed by atoms with Crippen LogP contribution in [-0.4, -0.2) is 50.1 Å². The summed E-state index contributed by atoms with van der Waals surface area (Å²) in [4.78, 5) is 2.90. The van der Waals surface area contributed by atoms with Gasteiger partial charge in [-0.2, -0.15) is 0 Å². The van der Waals surface area contributed by atoms with Crippen LogP contribution in [0.4, 0.5) is 0 Å². The number of nitrogens with zero attached hydrogens (tertiary/aromatic N) is 3. The highest BCUT2D eigenvalue weighted by molar-refractivity contribution is 5.13. The van der Waals surface area contributed by atoms with E-state index in [1.165, 1.54) is 0 Å². The van der Waals surface area contributed by atoms with Gasteiger partial charge in [-0.25, -0.2) is 0 Å². The monoisotopic (exact) mass is 349 g/mol. The summed E-state index contributed by atoms with van der Waals surface area (Å²) in [5.41, 5.74) is 9.88. The van der Waals surface area contributed by atoms with E-state index in [0.717, 1.165) is 5.56 Å². The summed E-state index contributed by atoms with van der Waals surface area (Å²) in [5, 5.41) is 3.80. The van der Waals surface area contributed by atoms with Gasteiger partial charge in [0, 0.05) is 12.0 Å². The molecule has 0 saturated carbocycles. The number of ether oxygens (including phenoxy) is 5. The first-order valence-corrected chi connectivity index (χ1v) is 8.24. The van der Waals surface area contributed by atoms with Crippen LogP contribution >= 0.6 is 0 Å². The Hall–Kier alpha value is -1.67. The van der Waals surface area contributed by atoms with Crippen LogP contribution in [0.25, 0.3) is 10.4 Å². The van der Waals surface area contributed by atoms with Gasteiger partial charge < -0.3 is 23.7 Å². The van der Waals surface area contributed by atoms with Gasteiger partial charge >= 0.3 is 0 Å². The third-order valence-corrected chi connectivity index (χ3v) is 4.23. The third kappa shape index (κ3) is 4.12. The fraction of sp³-hybridized carbons (Fsp3) is 0.647. The van der Waals surface area contributed by atoms with Gasteiger partial charge in [0.25, 0.3) is 0 Å². The molecule has 8 nitrogen and oxygen atoms in total. The van der Waals surface area contributed by atoms with E-state index in [-0.39, 0.29) is 6.61 Å². The van der Waals surface area contributed by atoms with Crippen molar-refractivity contribution in [3.63, 3.8) is 0 Å². The third-order valence-electron chi connectivity index (χ3n) is 4.23. The second kappa shape index (κ2) is 7.70. The van der Waals surface area contributed by atoms with Crippen molar-refractivity contribution in [1.82, 2.24) is 0 Å². The molecule has 0 amide bonds. The standard InChI is InChI=1S/C17H23N3O5/c1-17(2)24-15-14(22-9-11-7-5-4-6-8-11)13(23-16(15)25-17)12(10-21-3)19-20-18/h4-8,12-16H,9-10H2,1-3H3/t12-,13-,14+,15-,16-/m1/s1. The predicted molar refractivity (Wildman–Crippen MR) is 88.5 cm³/mol. The van der Waals surface area contributed by atoms with Crippen LogP contribution in [0.3, 0.4) is 0 Å². The van der Waals surface area contributed by atoms with Crippen molar-refractivity contribution in [3.8, 4) is 0 Å². The lowest BCUT2D eigenvalue weighted by Gasteiger charge is -2.28. The normalized spacial score (nSPS) is 31.3. The minimum absolute atomic E-state index is 0.225. The Balaban J connectivity index is 1.77. The summed E-state index contributed by atoms with van der Waals surface area (Å²) in [7, 11) is 1.55. The molecular weight excluding hydrogens is 326 g/mol. The quantitative estimate of drug-likeness (QED) is 0.428. The van der Waals surface area contributed by atoms with E-state index in [0.29, 0.717) is 6.61 Å². The molecule has 2 heterocycles. The number of azide groups is 1. The molecule has 0 radical (unpaired) electrons. The smallest absolute Gasteiger partial charge is 0.190 e. The second-order valence-corrected chi connectivity index (χ2v) is 6.56. The van der Waals surface area contributed by atoms with Crippen LogP contribution in [0.1, 0.15) is 19.4 Å². The highest BCUT2D eigenvalue weighted by Gasteiger charge is 2.57. The molecule has 0 unspecified atom stereocenters. The van der Waals surface area contributed by atoms with E-state index < -0.39 is 36.4 Å². The molecule has 2 fully saturated rings. The molecule has 0 aliphatic carbocycles. The van der Waals surface area contributed by atoms with Gasteiger partial charge in [-0.15, -0.1) is 0 Å². The average Bonchev–Trinajstić information content (AvgIpc) is 3.05. The van der Waals surface area contributed by atoms with Crippen LogP contribution in [0.15, 0.2) is 35.4 Å². The van der Waals surface area contributed by atoms with Crippen molar-refractivity contribution in [2.75, 3.05) is 13.7 Å². The summed E-state index contributed by atoms with van der Waals surface area (Å²) in [6, 6.07) is 9.30. The minimum Gasteiger partial charge on any atom is -0.384 e. The first-order chi connectivity index (χ1) is 12.0. The maximum Gasteiger partial charge on any atom is 0.190 e. The number of hydrogen-bond acceptors (Lipinski definition) is 6. The van der Waals surface area contributed by atoms with Gasteiger partial charge in [-0.1, -0.05) is 35.4 Å². The Bertz CT molecular complexity index is 620. The van der Waals surface area contributed by atoms with E-state index >= 15 is 0 Å². The molecule has 2 saturated heterocycles. The molecular formula is C17H23N3O5. The SMILES string of the molecule is COC[C@@H](N=[N+]=[N-])[C@H]1O[C@@H]2OC(C)(C)O[C@@H]2[C@H]1OCc1ccccc1. The maximum absolute atomic E-state index is 8.85. The van der Waals surface area contributed by atoms with E-state index in [1.807, 2.05) is 44.2 Å². The lowest BCUT2D eigenvalue weighted by molar-refractivity contribution is -0.222. The summed E-state index contributed by atoms with van der Waals surface area (Å²) in [6.45, 7) is 4.28. The molecule has 136 valence electrons. The van der Waals surface area contributed by atoms with Crippen molar-refractivity contribution < 1.29 is 23.7 Å². The lowest BCUT2D eigenvalue weighted by atomic mass is 10.0. The summed E-state index contributed by atoms with van der Waals surface area (Å²) >= 11 is 0. The molecule has 2 aliphatic rings. The molecule has 25 heavy (non-hydrogen) atoms. The van der Waals surface area contributed by atoms with E-state index in [1.54, 1.807) is 7.11 Å². The fourth-order valence-corrected chi connectivity index (χ4v) is 3.20. The number of fused-ring (bicyclic) bond motifs is 1. The molecule has 1 aromatic carbocycles. The van der Waals surface area contributed by atoms with Gasteiger partial charge in [0.15, 0.2) is 12.1 Å². The zero-order chi connectivity index (χ0) is 17.9. The van der Waals surface area contributed by atoms with Crippen molar-refractivity contribution >= 4 is 0 Å². The number of hydrogen-bond donors (Lipinski definition) is 0. The van der Waals surface area contributed by atoms with E-state index in [4.69, 9.17) is 29.2 Å². The molecule has 0 aromatic heterocycles. The summed E-state index contributed by atoms with van der Waals surface area (Å²) in [5.74, 6) is -0.746. The van der Waals surface area contributed by atoms with Crippen molar-refractivity contribution in [3.05, 3.63) is 46.3 Å². The Morgan fingerprint density at radius 3 is 2.72 bits per heavy atom. The Morgan fingerprint density at radius 1 is 1.28 bits per heavy atom. The zero-order valence-electron chi connectivity index (χ0n) is 14.6. The first-order valence-electron chi connectivity index (χ1n) is 8.24. The molecule has 0 bridgehead atoms. The van der Waals surface area contributed by atoms with Gasteiger partial charge in [-0.05, 0) is 24.9 Å². The Labute approximate surface area is 146 Å². The van der Waals surface area contributed by atoms with Crippen LogP contribution in [0, 0.1) is 0 Å². The fourth-order valence-electron chi connectivity index (χ4n) is 3.20. The number of rotatable bonds is 7. The van der Waals surface area contributed by atoms with Gasteiger partial charge in [-0.3, -0.25) is 0 Å². The largest absolute Gasteiger partial charge is 0.384 e. The number of methoxy groups -OCH3 is 1. The minimum atomic E-state index is -0.746. The first kappa shape index (κ1) is 18.1. The molecule has 1 aromatic rings. The topological polar surface area (TPSA) is 94.9 Å². The van der Waals surface area contributed by atoms with Crippen LogP contribution in [0.2, 0.25) is 0 Å². The van der Waals surface area contributed by atoms with Crippen molar-refractivity contribution in [2.45, 2.75) is 56.9 Å². The van der Waals surface area contributed by atoms with Crippen LogP contribution < -0.4 is 0 Å². The maximum atomic E-state index is 8.85.